The number of ether oxygens (including phenoxy) is 1. The quantitative estimate of drug-likeness (QED) is 0.545. The fraction of sp³-hybridized carbons (Fsp3) is 0.769. The van der Waals surface area contributed by atoms with E-state index < -0.39 is 0 Å². The number of aliphatic hydroxyl groups is 1. The maximum absolute atomic E-state index is 11.1. The van der Waals surface area contributed by atoms with Gasteiger partial charge in [0, 0.05) is 18.2 Å². The Hall–Kier alpha value is -0.870. The first kappa shape index (κ1) is 14.2. The molecule has 1 rings (SSSR count). The second kappa shape index (κ2) is 7.45. The molecule has 2 N–H and O–H groups in total. The number of esters is 1. The minimum absolute atomic E-state index is 0.142. The average molecular weight is 241 g/mol. The number of hydrogen-bond donors (Lipinski definition) is 2. The lowest BCUT2D eigenvalue weighted by atomic mass is 9.82. The largest absolute Gasteiger partial charge is 0.463 e. The van der Waals surface area contributed by atoms with Gasteiger partial charge in [0.05, 0.1) is 13.2 Å². The molecule has 0 aliphatic heterocycles. The van der Waals surface area contributed by atoms with Crippen LogP contribution in [0.25, 0.3) is 0 Å². The summed E-state index contributed by atoms with van der Waals surface area (Å²) in [5.74, 6) is -0.309. The van der Waals surface area contributed by atoms with Crippen LogP contribution in [0.15, 0.2) is 12.2 Å². The van der Waals surface area contributed by atoms with Crippen molar-refractivity contribution in [3.63, 3.8) is 0 Å². The molecule has 4 heteroatoms. The van der Waals surface area contributed by atoms with Crippen molar-refractivity contribution in [3.05, 3.63) is 12.2 Å². The number of carbonyl (C=O) groups is 1. The molecule has 1 aliphatic rings. The SMILES string of the molecule is CCOC(=O)/C=C/CNC1(CO)CCCCC1. The molecule has 0 bridgehead atoms. The Bertz CT molecular complexity index is 257. The molecule has 0 saturated heterocycles. The Morgan fingerprint density at radius 3 is 2.71 bits per heavy atom. The summed E-state index contributed by atoms with van der Waals surface area (Å²) in [7, 11) is 0. The Labute approximate surface area is 103 Å². The van der Waals surface area contributed by atoms with Crippen molar-refractivity contribution >= 4 is 5.97 Å². The van der Waals surface area contributed by atoms with E-state index >= 15 is 0 Å². The predicted molar refractivity (Wildman–Crippen MR) is 66.7 cm³/mol. The zero-order valence-corrected chi connectivity index (χ0v) is 10.6. The molecule has 98 valence electrons. The van der Waals surface area contributed by atoms with Crippen LogP contribution >= 0.6 is 0 Å². The number of aliphatic hydroxyl groups excluding tert-OH is 1. The van der Waals surface area contributed by atoms with E-state index in [1.165, 1.54) is 12.5 Å². The van der Waals surface area contributed by atoms with Crippen molar-refractivity contribution < 1.29 is 14.6 Å². The Balaban J connectivity index is 2.30. The lowest BCUT2D eigenvalue weighted by molar-refractivity contribution is -0.137. The number of nitrogens with one attached hydrogen (secondary N) is 1. The van der Waals surface area contributed by atoms with Crippen molar-refractivity contribution in [1.82, 2.24) is 5.32 Å². The van der Waals surface area contributed by atoms with Gasteiger partial charge in [-0.2, -0.15) is 0 Å². The fourth-order valence-corrected chi connectivity index (χ4v) is 2.24. The maximum Gasteiger partial charge on any atom is 0.330 e. The summed E-state index contributed by atoms with van der Waals surface area (Å²) in [5, 5.41) is 12.8. The van der Waals surface area contributed by atoms with Crippen LogP contribution in [0.2, 0.25) is 0 Å². The molecule has 0 spiro atoms. The van der Waals surface area contributed by atoms with Crippen LogP contribution in [0, 0.1) is 0 Å². The summed E-state index contributed by atoms with van der Waals surface area (Å²) < 4.78 is 4.78. The molecule has 1 saturated carbocycles. The summed E-state index contributed by atoms with van der Waals surface area (Å²) in [5.41, 5.74) is -0.142. The van der Waals surface area contributed by atoms with Gasteiger partial charge >= 0.3 is 5.97 Å². The molecule has 0 unspecified atom stereocenters. The minimum atomic E-state index is -0.309. The highest BCUT2D eigenvalue weighted by molar-refractivity contribution is 5.81. The van der Waals surface area contributed by atoms with Gasteiger partial charge in [0.25, 0.3) is 0 Å². The van der Waals surface area contributed by atoms with Gasteiger partial charge < -0.3 is 15.2 Å². The van der Waals surface area contributed by atoms with Gasteiger partial charge in [0.2, 0.25) is 0 Å². The molecule has 0 amide bonds. The lowest BCUT2D eigenvalue weighted by Gasteiger charge is -2.36. The van der Waals surface area contributed by atoms with Gasteiger partial charge in [-0.3, -0.25) is 0 Å². The molecule has 0 atom stereocenters. The second-order valence-corrected chi connectivity index (χ2v) is 4.53. The minimum Gasteiger partial charge on any atom is -0.463 e. The molecule has 0 aromatic carbocycles. The first-order chi connectivity index (χ1) is 8.22. The number of carbonyl (C=O) groups excluding carboxylic acids is 1. The van der Waals surface area contributed by atoms with E-state index in [2.05, 4.69) is 5.32 Å². The first-order valence-corrected chi connectivity index (χ1v) is 6.41. The van der Waals surface area contributed by atoms with Crippen LogP contribution in [0.3, 0.4) is 0 Å². The number of hydrogen-bond acceptors (Lipinski definition) is 4. The molecule has 0 heterocycles. The van der Waals surface area contributed by atoms with Gasteiger partial charge in [0.15, 0.2) is 0 Å². The molecular formula is C13H23NO3. The van der Waals surface area contributed by atoms with Crippen LogP contribution in [0.5, 0.6) is 0 Å². The Morgan fingerprint density at radius 2 is 2.12 bits per heavy atom. The van der Waals surface area contributed by atoms with Crippen LogP contribution < -0.4 is 5.32 Å². The summed E-state index contributed by atoms with van der Waals surface area (Å²) in [6.07, 6.45) is 8.79. The van der Waals surface area contributed by atoms with E-state index in [1.807, 2.05) is 0 Å². The van der Waals surface area contributed by atoms with Crippen LogP contribution in [-0.4, -0.2) is 36.4 Å². The van der Waals surface area contributed by atoms with Crippen LogP contribution in [0.1, 0.15) is 39.0 Å². The van der Waals surface area contributed by atoms with E-state index in [0.29, 0.717) is 13.2 Å². The zero-order valence-electron chi connectivity index (χ0n) is 10.6. The molecule has 0 radical (unpaired) electrons. The third kappa shape index (κ3) is 4.88. The van der Waals surface area contributed by atoms with Gasteiger partial charge in [-0.25, -0.2) is 4.79 Å². The van der Waals surface area contributed by atoms with Crippen molar-refractivity contribution in [2.75, 3.05) is 19.8 Å². The van der Waals surface area contributed by atoms with E-state index in [4.69, 9.17) is 4.74 Å². The third-order valence-corrected chi connectivity index (χ3v) is 3.25. The van der Waals surface area contributed by atoms with Gasteiger partial charge in [-0.05, 0) is 19.8 Å². The van der Waals surface area contributed by atoms with E-state index in [1.54, 1.807) is 13.0 Å². The van der Waals surface area contributed by atoms with E-state index in [9.17, 15) is 9.90 Å². The van der Waals surface area contributed by atoms with Gasteiger partial charge in [-0.1, -0.05) is 25.3 Å². The van der Waals surface area contributed by atoms with E-state index in [-0.39, 0.29) is 18.1 Å². The highest BCUT2D eigenvalue weighted by Crippen LogP contribution is 2.27. The van der Waals surface area contributed by atoms with Crippen molar-refractivity contribution in [2.24, 2.45) is 0 Å². The highest BCUT2D eigenvalue weighted by Gasteiger charge is 2.29. The molecule has 0 aromatic heterocycles. The molecule has 17 heavy (non-hydrogen) atoms. The molecule has 0 aromatic rings. The van der Waals surface area contributed by atoms with Crippen molar-refractivity contribution in [3.8, 4) is 0 Å². The maximum atomic E-state index is 11.1. The first-order valence-electron chi connectivity index (χ1n) is 6.41. The highest BCUT2D eigenvalue weighted by atomic mass is 16.5. The molecule has 1 fully saturated rings. The summed E-state index contributed by atoms with van der Waals surface area (Å²) >= 11 is 0. The lowest BCUT2D eigenvalue weighted by Crippen LogP contribution is -2.49. The predicted octanol–water partition coefficient (Wildman–Crippen LogP) is 1.39. The normalized spacial score (nSPS) is 19.4. The summed E-state index contributed by atoms with van der Waals surface area (Å²) in [6.45, 7) is 2.95. The standard InChI is InChI=1S/C13H23NO3/c1-2-17-12(16)7-6-10-14-13(11-15)8-4-3-5-9-13/h6-7,14-15H,2-5,8-11H2,1H3/b7-6+. The van der Waals surface area contributed by atoms with Gasteiger partial charge in [0.1, 0.15) is 0 Å². The molecule has 1 aliphatic carbocycles. The second-order valence-electron chi connectivity index (χ2n) is 4.53. The number of rotatable bonds is 6. The average Bonchev–Trinajstić information content (AvgIpc) is 2.36. The van der Waals surface area contributed by atoms with Crippen LogP contribution in [0.4, 0.5) is 0 Å². The van der Waals surface area contributed by atoms with Crippen molar-refractivity contribution in [1.29, 1.82) is 0 Å². The fourth-order valence-electron chi connectivity index (χ4n) is 2.24. The smallest absolute Gasteiger partial charge is 0.330 e. The summed E-state index contributed by atoms with van der Waals surface area (Å²) in [6, 6.07) is 0. The molecule has 4 nitrogen and oxygen atoms in total. The van der Waals surface area contributed by atoms with E-state index in [0.717, 1.165) is 25.7 Å². The monoisotopic (exact) mass is 241 g/mol. The molecular weight excluding hydrogens is 218 g/mol. The Morgan fingerprint density at radius 1 is 1.41 bits per heavy atom. The van der Waals surface area contributed by atoms with Gasteiger partial charge in [-0.15, -0.1) is 0 Å². The van der Waals surface area contributed by atoms with Crippen LogP contribution in [-0.2, 0) is 9.53 Å². The topological polar surface area (TPSA) is 58.6 Å². The summed E-state index contributed by atoms with van der Waals surface area (Å²) in [4.78, 5) is 11.1. The third-order valence-electron chi connectivity index (χ3n) is 3.25. The Kier molecular flexibility index (Phi) is 6.22. The van der Waals surface area contributed by atoms with Crippen molar-refractivity contribution in [2.45, 2.75) is 44.6 Å². The zero-order chi connectivity index (χ0) is 12.6.